The molecule has 1 heterocycles. The molecular weight excluding hydrogens is 270 g/mol. The van der Waals surface area contributed by atoms with E-state index < -0.39 is 6.04 Å². The molecule has 1 fully saturated rings. The molecule has 1 aliphatic carbocycles. The van der Waals surface area contributed by atoms with Crippen LogP contribution in [0.2, 0.25) is 0 Å². The van der Waals surface area contributed by atoms with Crippen molar-refractivity contribution in [3.63, 3.8) is 0 Å². The summed E-state index contributed by atoms with van der Waals surface area (Å²) in [5.74, 6) is -0.648. The van der Waals surface area contributed by atoms with E-state index >= 15 is 0 Å². The summed E-state index contributed by atoms with van der Waals surface area (Å²) in [6.07, 6.45) is 2.58. The van der Waals surface area contributed by atoms with Gasteiger partial charge in [-0.2, -0.15) is 0 Å². The van der Waals surface area contributed by atoms with Gasteiger partial charge in [-0.15, -0.1) is 0 Å². The van der Waals surface area contributed by atoms with E-state index in [2.05, 4.69) is 16.0 Å². The summed E-state index contributed by atoms with van der Waals surface area (Å²) in [7, 11) is 0. The molecule has 1 atom stereocenters. The number of amides is 3. The SMILES string of the molecule is O=C(CC[C@H]1NC(=O)c2ccccc2NC1=O)NC1CC1. The van der Waals surface area contributed by atoms with E-state index in [0.29, 0.717) is 23.7 Å². The second-order valence-electron chi connectivity index (χ2n) is 5.44. The van der Waals surface area contributed by atoms with Crippen LogP contribution in [0.1, 0.15) is 36.0 Å². The van der Waals surface area contributed by atoms with E-state index in [-0.39, 0.29) is 24.1 Å². The molecule has 6 nitrogen and oxygen atoms in total. The molecular formula is C15H17N3O3. The van der Waals surface area contributed by atoms with Gasteiger partial charge in [-0.3, -0.25) is 14.4 Å². The first kappa shape index (κ1) is 13.6. The summed E-state index contributed by atoms with van der Waals surface area (Å²) >= 11 is 0. The van der Waals surface area contributed by atoms with Gasteiger partial charge in [0.25, 0.3) is 5.91 Å². The summed E-state index contributed by atoms with van der Waals surface area (Å²) < 4.78 is 0. The molecule has 1 saturated carbocycles. The van der Waals surface area contributed by atoms with E-state index in [4.69, 9.17) is 0 Å². The van der Waals surface area contributed by atoms with E-state index in [1.54, 1.807) is 24.3 Å². The van der Waals surface area contributed by atoms with Gasteiger partial charge in [0.1, 0.15) is 6.04 Å². The molecule has 0 bridgehead atoms. The summed E-state index contributed by atoms with van der Waals surface area (Å²) in [4.78, 5) is 35.9. The van der Waals surface area contributed by atoms with Crippen molar-refractivity contribution in [2.45, 2.75) is 37.8 Å². The van der Waals surface area contributed by atoms with Crippen molar-refractivity contribution >= 4 is 23.4 Å². The number of carbonyl (C=O) groups excluding carboxylic acids is 3. The molecule has 3 rings (SSSR count). The van der Waals surface area contributed by atoms with Crippen molar-refractivity contribution in [1.29, 1.82) is 0 Å². The van der Waals surface area contributed by atoms with Gasteiger partial charge < -0.3 is 16.0 Å². The van der Waals surface area contributed by atoms with Crippen LogP contribution in [0.15, 0.2) is 24.3 Å². The summed E-state index contributed by atoms with van der Waals surface area (Å²) in [6, 6.07) is 6.47. The van der Waals surface area contributed by atoms with Crippen molar-refractivity contribution < 1.29 is 14.4 Å². The predicted molar refractivity (Wildman–Crippen MR) is 76.7 cm³/mol. The fourth-order valence-corrected chi connectivity index (χ4v) is 2.32. The standard InChI is InChI=1S/C15H17N3O3/c19-13(16-9-5-6-9)8-7-12-15(21)17-11-4-2-1-3-10(11)14(20)18-12/h1-4,9,12H,5-8H2,(H,16,19)(H,17,21)(H,18,20)/t12-/m1/s1. The Kier molecular flexibility index (Phi) is 3.60. The van der Waals surface area contributed by atoms with Crippen LogP contribution in [0.25, 0.3) is 0 Å². The highest BCUT2D eigenvalue weighted by Crippen LogP contribution is 2.20. The van der Waals surface area contributed by atoms with Crippen LogP contribution in [-0.2, 0) is 9.59 Å². The number of fused-ring (bicyclic) bond motifs is 1. The maximum atomic E-state index is 12.1. The molecule has 3 N–H and O–H groups in total. The highest BCUT2D eigenvalue weighted by molar-refractivity contribution is 6.09. The normalized spacial score (nSPS) is 20.9. The van der Waals surface area contributed by atoms with Crippen molar-refractivity contribution in [3.05, 3.63) is 29.8 Å². The average molecular weight is 287 g/mol. The van der Waals surface area contributed by atoms with Crippen LogP contribution in [-0.4, -0.2) is 29.8 Å². The molecule has 21 heavy (non-hydrogen) atoms. The zero-order chi connectivity index (χ0) is 14.8. The molecule has 0 radical (unpaired) electrons. The Morgan fingerprint density at radius 2 is 2.00 bits per heavy atom. The number of hydrogen-bond acceptors (Lipinski definition) is 3. The van der Waals surface area contributed by atoms with Crippen molar-refractivity contribution in [2.75, 3.05) is 5.32 Å². The summed E-state index contributed by atoms with van der Waals surface area (Å²) in [5, 5.41) is 8.27. The van der Waals surface area contributed by atoms with Crippen LogP contribution >= 0.6 is 0 Å². The van der Waals surface area contributed by atoms with Gasteiger partial charge >= 0.3 is 0 Å². The highest BCUT2D eigenvalue weighted by atomic mass is 16.2. The van der Waals surface area contributed by atoms with Gasteiger partial charge in [0.05, 0.1) is 11.3 Å². The molecule has 6 heteroatoms. The molecule has 110 valence electrons. The van der Waals surface area contributed by atoms with Gasteiger partial charge in [0, 0.05) is 12.5 Å². The number of benzene rings is 1. The molecule has 1 aromatic carbocycles. The number of hydrogen-bond donors (Lipinski definition) is 3. The summed E-state index contributed by atoms with van der Waals surface area (Å²) in [6.45, 7) is 0. The number of rotatable bonds is 4. The molecule has 0 aromatic heterocycles. The largest absolute Gasteiger partial charge is 0.353 e. The van der Waals surface area contributed by atoms with Crippen LogP contribution in [0.4, 0.5) is 5.69 Å². The third-order valence-electron chi connectivity index (χ3n) is 3.65. The first-order valence-electron chi connectivity index (χ1n) is 7.13. The number of para-hydroxylation sites is 1. The Morgan fingerprint density at radius 3 is 2.76 bits per heavy atom. The Hall–Kier alpha value is -2.37. The first-order chi connectivity index (χ1) is 10.1. The topological polar surface area (TPSA) is 87.3 Å². The second kappa shape index (κ2) is 5.55. The molecule has 1 aromatic rings. The van der Waals surface area contributed by atoms with Crippen LogP contribution in [0.5, 0.6) is 0 Å². The lowest BCUT2D eigenvalue weighted by Gasteiger charge is -2.14. The lowest BCUT2D eigenvalue weighted by atomic mass is 10.1. The minimum atomic E-state index is -0.685. The Labute approximate surface area is 122 Å². The summed E-state index contributed by atoms with van der Waals surface area (Å²) in [5.41, 5.74) is 0.945. The van der Waals surface area contributed by atoms with Gasteiger partial charge in [-0.25, -0.2) is 0 Å². The fourth-order valence-electron chi connectivity index (χ4n) is 2.32. The lowest BCUT2D eigenvalue weighted by molar-refractivity contribution is -0.122. The minimum absolute atomic E-state index is 0.0682. The number of anilines is 1. The Morgan fingerprint density at radius 1 is 1.24 bits per heavy atom. The van der Waals surface area contributed by atoms with Crippen LogP contribution in [0.3, 0.4) is 0 Å². The first-order valence-corrected chi connectivity index (χ1v) is 7.13. The van der Waals surface area contributed by atoms with Crippen LogP contribution in [0, 0.1) is 0 Å². The van der Waals surface area contributed by atoms with Crippen molar-refractivity contribution in [1.82, 2.24) is 10.6 Å². The zero-order valence-corrected chi connectivity index (χ0v) is 11.5. The smallest absolute Gasteiger partial charge is 0.254 e. The molecule has 0 unspecified atom stereocenters. The molecule has 3 amide bonds. The zero-order valence-electron chi connectivity index (χ0n) is 11.5. The molecule has 0 saturated heterocycles. The fraction of sp³-hybridized carbons (Fsp3) is 0.400. The van der Waals surface area contributed by atoms with E-state index in [1.807, 2.05) is 0 Å². The van der Waals surface area contributed by atoms with Gasteiger partial charge in [-0.05, 0) is 31.4 Å². The quantitative estimate of drug-likeness (QED) is 0.765. The van der Waals surface area contributed by atoms with Crippen LogP contribution < -0.4 is 16.0 Å². The van der Waals surface area contributed by atoms with Gasteiger partial charge in [-0.1, -0.05) is 12.1 Å². The number of nitrogens with one attached hydrogen (secondary N) is 3. The second-order valence-corrected chi connectivity index (χ2v) is 5.44. The van der Waals surface area contributed by atoms with Gasteiger partial charge in [0.15, 0.2) is 0 Å². The lowest BCUT2D eigenvalue weighted by Crippen LogP contribution is -2.42. The third-order valence-corrected chi connectivity index (χ3v) is 3.65. The Balaban J connectivity index is 1.63. The minimum Gasteiger partial charge on any atom is -0.353 e. The predicted octanol–water partition coefficient (Wildman–Crippen LogP) is 0.796. The van der Waals surface area contributed by atoms with E-state index in [9.17, 15) is 14.4 Å². The van der Waals surface area contributed by atoms with Crippen molar-refractivity contribution in [3.8, 4) is 0 Å². The molecule has 2 aliphatic rings. The third kappa shape index (κ3) is 3.21. The average Bonchev–Trinajstić information content (AvgIpc) is 3.27. The van der Waals surface area contributed by atoms with E-state index in [0.717, 1.165) is 12.8 Å². The maximum Gasteiger partial charge on any atom is 0.254 e. The Bertz CT molecular complexity index is 596. The highest BCUT2D eigenvalue weighted by Gasteiger charge is 2.29. The molecule has 1 aliphatic heterocycles. The molecule has 0 spiro atoms. The monoisotopic (exact) mass is 287 g/mol. The maximum absolute atomic E-state index is 12.1. The number of carbonyl (C=O) groups is 3. The van der Waals surface area contributed by atoms with E-state index in [1.165, 1.54) is 0 Å². The van der Waals surface area contributed by atoms with Gasteiger partial charge in [0.2, 0.25) is 11.8 Å². The van der Waals surface area contributed by atoms with Crippen molar-refractivity contribution in [2.24, 2.45) is 0 Å².